The van der Waals surface area contributed by atoms with Crippen LogP contribution in [0.25, 0.3) is 21.1 Å². The van der Waals surface area contributed by atoms with E-state index < -0.39 is 5.97 Å². The summed E-state index contributed by atoms with van der Waals surface area (Å²) in [6.07, 6.45) is 6.66. The number of aromatic carboxylic acids is 1. The number of benzene rings is 2. The Balaban J connectivity index is 0.000000525. The number of carboxylic acids is 1. The van der Waals surface area contributed by atoms with E-state index in [9.17, 15) is 9.59 Å². The molecule has 4 aromatic rings. The van der Waals surface area contributed by atoms with E-state index in [0.717, 1.165) is 29.3 Å². The van der Waals surface area contributed by atoms with E-state index >= 15 is 0 Å². The van der Waals surface area contributed by atoms with Gasteiger partial charge in [-0.2, -0.15) is 0 Å². The second-order valence-corrected chi connectivity index (χ2v) is 12.0. The summed E-state index contributed by atoms with van der Waals surface area (Å²) in [5.74, 6) is -0.947. The Bertz CT molecular complexity index is 1220. The van der Waals surface area contributed by atoms with Crippen LogP contribution in [0.15, 0.2) is 61.9 Å². The van der Waals surface area contributed by atoms with Crippen LogP contribution in [0.4, 0.5) is 0 Å². The molecule has 39 heavy (non-hydrogen) atoms. The van der Waals surface area contributed by atoms with E-state index in [1.165, 1.54) is 49.5 Å². The largest absolute Gasteiger partial charge is 0.475 e. The number of Topliss-reactive ketones (excluding diaryl/α,β-unsaturated/α-hetero) is 1. The van der Waals surface area contributed by atoms with Crippen LogP contribution in [0.1, 0.15) is 88.0 Å². The molecule has 5 rings (SSSR count). The lowest BCUT2D eigenvalue weighted by molar-refractivity contribution is 0.0664. The first kappa shape index (κ1) is 37.0. The summed E-state index contributed by atoms with van der Waals surface area (Å²) >= 11 is 8.21. The number of ketones is 1. The van der Waals surface area contributed by atoms with Crippen molar-refractivity contribution in [3.63, 3.8) is 0 Å². The van der Waals surface area contributed by atoms with Gasteiger partial charge in [-0.1, -0.05) is 85.9 Å². The molecule has 1 aliphatic carbocycles. The van der Waals surface area contributed by atoms with Crippen molar-refractivity contribution < 1.29 is 19.1 Å². The highest BCUT2D eigenvalue weighted by molar-refractivity contribution is 9.10. The Kier molecular flexibility index (Phi) is 17.4. The van der Waals surface area contributed by atoms with Crippen molar-refractivity contribution in [2.45, 2.75) is 79.8 Å². The second-order valence-electron chi connectivity index (χ2n) is 9.09. The maximum Gasteiger partial charge on any atom is 0.371 e. The van der Waals surface area contributed by atoms with E-state index in [1.807, 2.05) is 44.2 Å². The Morgan fingerprint density at radius 3 is 1.97 bits per heavy atom. The predicted octanol–water partition coefficient (Wildman–Crippen LogP) is 9.66. The van der Waals surface area contributed by atoms with Crippen molar-refractivity contribution in [3.05, 3.63) is 68.1 Å². The molecule has 0 spiro atoms. The van der Waals surface area contributed by atoms with Crippen molar-refractivity contribution in [1.29, 1.82) is 0 Å². The molecule has 0 radical (unpaired) electrons. The zero-order valence-corrected chi connectivity index (χ0v) is 25.3. The SMILES string of the molecule is C.C.CC(=O)c1cc2ccc(Br)cc2s1.CC(C)N.NC1CCCCC1.O=C(O)c1cc2ccc(Br)cc2o1. The number of rotatable bonds is 2. The van der Waals surface area contributed by atoms with Crippen molar-refractivity contribution in [2.24, 2.45) is 11.5 Å². The van der Waals surface area contributed by atoms with Gasteiger partial charge in [0.15, 0.2) is 5.78 Å². The summed E-state index contributed by atoms with van der Waals surface area (Å²) in [5, 5.41) is 10.6. The molecule has 0 bridgehead atoms. The number of thiophene rings is 1. The lowest BCUT2D eigenvalue weighted by atomic mass is 9.97. The van der Waals surface area contributed by atoms with Gasteiger partial charge >= 0.3 is 5.97 Å². The van der Waals surface area contributed by atoms with Gasteiger partial charge < -0.3 is 21.0 Å². The third kappa shape index (κ3) is 13.2. The van der Waals surface area contributed by atoms with Crippen LogP contribution in [0.3, 0.4) is 0 Å². The fourth-order valence-corrected chi connectivity index (χ4v) is 5.27. The van der Waals surface area contributed by atoms with Crippen LogP contribution in [0, 0.1) is 0 Å². The Morgan fingerprint density at radius 2 is 1.49 bits per heavy atom. The summed E-state index contributed by atoms with van der Waals surface area (Å²) in [6, 6.07) is 15.7. The minimum absolute atomic E-state index is 0. The first-order valence-electron chi connectivity index (χ1n) is 12.1. The molecular weight excluding hydrogens is 644 g/mol. The highest BCUT2D eigenvalue weighted by Crippen LogP contribution is 2.28. The third-order valence-electron chi connectivity index (χ3n) is 5.17. The van der Waals surface area contributed by atoms with Gasteiger partial charge in [0.25, 0.3) is 0 Å². The fraction of sp³-hybridized carbons (Fsp3) is 0.400. The van der Waals surface area contributed by atoms with E-state index in [4.69, 9.17) is 21.0 Å². The molecule has 0 amide bonds. The van der Waals surface area contributed by atoms with E-state index in [-0.39, 0.29) is 26.4 Å². The average molecular weight is 687 g/mol. The molecule has 1 saturated carbocycles. The molecule has 1 fully saturated rings. The summed E-state index contributed by atoms with van der Waals surface area (Å²) in [4.78, 5) is 22.5. The number of furan rings is 1. The Morgan fingerprint density at radius 1 is 0.949 bits per heavy atom. The quantitative estimate of drug-likeness (QED) is 0.181. The molecule has 0 aliphatic heterocycles. The zero-order chi connectivity index (χ0) is 27.5. The molecule has 5 N–H and O–H groups in total. The van der Waals surface area contributed by atoms with Crippen LogP contribution in [0.5, 0.6) is 0 Å². The molecule has 216 valence electrons. The zero-order valence-electron chi connectivity index (χ0n) is 21.3. The third-order valence-corrected chi connectivity index (χ3v) is 7.36. The van der Waals surface area contributed by atoms with Gasteiger partial charge in [0, 0.05) is 25.1 Å². The van der Waals surface area contributed by atoms with E-state index in [2.05, 4.69) is 31.9 Å². The molecule has 9 heteroatoms. The second kappa shape index (κ2) is 18.3. The topological polar surface area (TPSA) is 120 Å². The maximum absolute atomic E-state index is 11.1. The highest BCUT2D eigenvalue weighted by Gasteiger charge is 2.10. The molecule has 0 saturated heterocycles. The van der Waals surface area contributed by atoms with Gasteiger partial charge in [0.1, 0.15) is 5.58 Å². The first-order valence-corrected chi connectivity index (χ1v) is 14.5. The van der Waals surface area contributed by atoms with Gasteiger partial charge in [-0.05, 0) is 73.7 Å². The van der Waals surface area contributed by atoms with Gasteiger partial charge in [-0.25, -0.2) is 4.79 Å². The lowest BCUT2D eigenvalue weighted by Crippen LogP contribution is -2.22. The predicted molar refractivity (Wildman–Crippen MR) is 174 cm³/mol. The summed E-state index contributed by atoms with van der Waals surface area (Å²) in [7, 11) is 0. The number of nitrogens with two attached hydrogens (primary N) is 2. The van der Waals surface area contributed by atoms with Crippen molar-refractivity contribution in [2.75, 3.05) is 0 Å². The first-order chi connectivity index (χ1) is 17.5. The fourth-order valence-electron chi connectivity index (χ4n) is 3.42. The smallest absolute Gasteiger partial charge is 0.371 e. The average Bonchev–Trinajstić information content (AvgIpc) is 3.44. The van der Waals surface area contributed by atoms with Crippen LogP contribution < -0.4 is 11.5 Å². The number of carboxylic acid groups (broad SMARTS) is 1. The molecule has 0 atom stereocenters. The maximum atomic E-state index is 11.1. The van der Waals surface area contributed by atoms with Crippen LogP contribution in [-0.2, 0) is 0 Å². The molecule has 2 heterocycles. The van der Waals surface area contributed by atoms with E-state index in [1.54, 1.807) is 19.1 Å². The standard InChI is InChI=1S/C10H7BrOS.C9H5BrO3.C6H13N.C3H9N.2CH4/c1-6(12)9-4-7-2-3-8(11)5-10(7)13-9;10-6-2-1-5-3-8(9(11)12)13-7(5)4-6;7-6-4-2-1-3-5-6;1-3(2)4;;/h2-5H,1H3;1-4H,(H,11,12);6H,1-5,7H2;3H,4H2,1-2H3;2*1H4. The number of fused-ring (bicyclic) bond motifs is 2. The number of hydrogen-bond donors (Lipinski definition) is 3. The highest BCUT2D eigenvalue weighted by atomic mass is 79.9. The monoisotopic (exact) mass is 684 g/mol. The van der Waals surface area contributed by atoms with Crippen LogP contribution in [-0.4, -0.2) is 28.9 Å². The van der Waals surface area contributed by atoms with Crippen molar-refractivity contribution in [3.8, 4) is 0 Å². The molecule has 2 aromatic carbocycles. The minimum atomic E-state index is -1.05. The van der Waals surface area contributed by atoms with Gasteiger partial charge in [-0.15, -0.1) is 11.3 Å². The molecule has 6 nitrogen and oxygen atoms in total. The molecular formula is C30H42Br2N2O4S. The van der Waals surface area contributed by atoms with Crippen molar-refractivity contribution in [1.82, 2.24) is 0 Å². The van der Waals surface area contributed by atoms with E-state index in [0.29, 0.717) is 17.7 Å². The molecule has 1 aliphatic rings. The van der Waals surface area contributed by atoms with Gasteiger partial charge in [-0.3, -0.25) is 4.79 Å². The number of halogens is 2. The summed E-state index contributed by atoms with van der Waals surface area (Å²) in [5.41, 5.74) is 11.3. The molecule has 0 unspecified atom stereocenters. The Hall–Kier alpha value is -2.04. The van der Waals surface area contributed by atoms with Gasteiger partial charge in [0.2, 0.25) is 5.76 Å². The Labute approximate surface area is 253 Å². The number of carbonyl (C=O) groups excluding carboxylic acids is 1. The summed E-state index contributed by atoms with van der Waals surface area (Å²) in [6.45, 7) is 5.49. The van der Waals surface area contributed by atoms with Crippen LogP contribution in [0.2, 0.25) is 0 Å². The molecule has 2 aromatic heterocycles. The lowest BCUT2D eigenvalue weighted by Gasteiger charge is -2.15. The normalized spacial score (nSPS) is 12.5. The van der Waals surface area contributed by atoms with Crippen LogP contribution >= 0.6 is 43.2 Å². The van der Waals surface area contributed by atoms with Crippen molar-refractivity contribution >= 4 is 76.0 Å². The summed E-state index contributed by atoms with van der Waals surface area (Å²) < 4.78 is 8.15. The number of hydrogen-bond acceptors (Lipinski definition) is 6. The van der Waals surface area contributed by atoms with Gasteiger partial charge in [0.05, 0.1) is 4.88 Å². The number of carbonyl (C=O) groups is 2. The minimum Gasteiger partial charge on any atom is -0.475 e.